The third-order valence-electron chi connectivity index (χ3n) is 2.31. The number of benzene rings is 1. The molecule has 0 amide bonds. The maximum absolute atomic E-state index is 10.8. The normalized spacial score (nSPS) is 13.3. The number of ether oxygens (including phenoxy) is 1. The van der Waals surface area contributed by atoms with E-state index in [9.17, 15) is 4.79 Å². The Kier molecular flexibility index (Phi) is 4.14. The number of esters is 1. The standard InChI is InChI=1S/C13H17BrO2/c1-9(15)16-12(14)10-5-7-11(8-6-10)13(2,3)4/h5-8,12H,1-4H3. The first kappa shape index (κ1) is 13.2. The number of halogens is 1. The molecule has 0 aliphatic rings. The monoisotopic (exact) mass is 284 g/mol. The fraction of sp³-hybridized carbons (Fsp3) is 0.462. The topological polar surface area (TPSA) is 26.3 Å². The largest absolute Gasteiger partial charge is 0.446 e. The minimum absolute atomic E-state index is 0.141. The van der Waals surface area contributed by atoms with Gasteiger partial charge in [0.05, 0.1) is 0 Å². The molecule has 0 aliphatic heterocycles. The first-order valence-electron chi connectivity index (χ1n) is 5.22. The van der Waals surface area contributed by atoms with Gasteiger partial charge in [0.25, 0.3) is 0 Å². The number of hydrogen-bond acceptors (Lipinski definition) is 2. The quantitative estimate of drug-likeness (QED) is 0.607. The van der Waals surface area contributed by atoms with Gasteiger partial charge in [-0.1, -0.05) is 45.0 Å². The Labute approximate surface area is 105 Å². The molecule has 1 aromatic rings. The van der Waals surface area contributed by atoms with Crippen molar-refractivity contribution in [2.45, 2.75) is 38.1 Å². The van der Waals surface area contributed by atoms with Gasteiger partial charge in [-0.15, -0.1) is 0 Å². The summed E-state index contributed by atoms with van der Waals surface area (Å²) in [6, 6.07) is 8.08. The van der Waals surface area contributed by atoms with Gasteiger partial charge in [0.2, 0.25) is 0 Å². The van der Waals surface area contributed by atoms with Crippen molar-refractivity contribution in [1.29, 1.82) is 0 Å². The first-order valence-corrected chi connectivity index (χ1v) is 6.14. The highest BCUT2D eigenvalue weighted by atomic mass is 79.9. The van der Waals surface area contributed by atoms with Crippen molar-refractivity contribution in [1.82, 2.24) is 0 Å². The van der Waals surface area contributed by atoms with Crippen molar-refractivity contribution in [2.75, 3.05) is 0 Å². The summed E-state index contributed by atoms with van der Waals surface area (Å²) in [6.07, 6.45) is 0. The lowest BCUT2D eigenvalue weighted by molar-refractivity contribution is -0.142. The zero-order valence-corrected chi connectivity index (χ0v) is 11.7. The zero-order valence-electron chi connectivity index (χ0n) is 10.1. The van der Waals surface area contributed by atoms with Crippen LogP contribution in [0.5, 0.6) is 0 Å². The molecular formula is C13H17BrO2. The van der Waals surface area contributed by atoms with Crippen molar-refractivity contribution >= 4 is 21.9 Å². The maximum Gasteiger partial charge on any atom is 0.304 e. The number of alkyl halides is 1. The molecule has 0 spiro atoms. The van der Waals surface area contributed by atoms with Crippen LogP contribution in [0, 0.1) is 0 Å². The van der Waals surface area contributed by atoms with E-state index in [4.69, 9.17) is 4.74 Å². The summed E-state index contributed by atoms with van der Waals surface area (Å²) in [5.74, 6) is -0.290. The summed E-state index contributed by atoms with van der Waals surface area (Å²) in [7, 11) is 0. The highest BCUT2D eigenvalue weighted by molar-refractivity contribution is 9.09. The molecule has 3 heteroatoms. The molecule has 0 fully saturated rings. The summed E-state index contributed by atoms with van der Waals surface area (Å²) < 4.78 is 5.04. The van der Waals surface area contributed by atoms with Crippen molar-refractivity contribution in [2.24, 2.45) is 0 Å². The van der Waals surface area contributed by atoms with Gasteiger partial charge in [-0.05, 0) is 26.9 Å². The molecule has 1 atom stereocenters. The lowest BCUT2D eigenvalue weighted by Gasteiger charge is -2.19. The number of carbonyl (C=O) groups excluding carboxylic acids is 1. The molecule has 88 valence electrons. The summed E-state index contributed by atoms with van der Waals surface area (Å²) in [6.45, 7) is 7.90. The van der Waals surface area contributed by atoms with Crippen LogP contribution >= 0.6 is 15.9 Å². The van der Waals surface area contributed by atoms with Crippen LogP contribution in [0.15, 0.2) is 24.3 Å². The number of carbonyl (C=O) groups is 1. The molecule has 0 aliphatic carbocycles. The van der Waals surface area contributed by atoms with Crippen LogP contribution in [-0.2, 0) is 14.9 Å². The molecule has 1 aromatic carbocycles. The van der Waals surface area contributed by atoms with Gasteiger partial charge in [0, 0.05) is 12.5 Å². The Morgan fingerprint density at radius 2 is 1.75 bits per heavy atom. The molecule has 1 rings (SSSR count). The second kappa shape index (κ2) is 5.00. The molecule has 0 radical (unpaired) electrons. The predicted molar refractivity (Wildman–Crippen MR) is 68.6 cm³/mol. The lowest BCUT2D eigenvalue weighted by atomic mass is 9.87. The number of rotatable bonds is 2. The Bertz CT molecular complexity index is 363. The third-order valence-corrected chi connectivity index (χ3v) is 3.02. The Balaban J connectivity index is 2.83. The Morgan fingerprint density at radius 1 is 1.25 bits per heavy atom. The Hall–Kier alpha value is -0.830. The van der Waals surface area contributed by atoms with Crippen molar-refractivity contribution in [3.8, 4) is 0 Å². The zero-order chi connectivity index (χ0) is 12.3. The first-order chi connectivity index (χ1) is 7.30. The molecular weight excluding hydrogens is 268 g/mol. The van der Waals surface area contributed by atoms with Gasteiger partial charge in [0.15, 0.2) is 5.01 Å². The molecule has 16 heavy (non-hydrogen) atoms. The van der Waals surface area contributed by atoms with E-state index in [0.717, 1.165) is 5.56 Å². The van der Waals surface area contributed by atoms with Crippen LogP contribution in [0.2, 0.25) is 0 Å². The third kappa shape index (κ3) is 3.63. The Morgan fingerprint density at radius 3 is 2.12 bits per heavy atom. The fourth-order valence-electron chi connectivity index (χ4n) is 1.35. The van der Waals surface area contributed by atoms with Crippen LogP contribution in [0.3, 0.4) is 0 Å². The van der Waals surface area contributed by atoms with Crippen LogP contribution in [0.4, 0.5) is 0 Å². The summed E-state index contributed by atoms with van der Waals surface area (Å²) in [4.78, 5) is 10.8. The lowest BCUT2D eigenvalue weighted by Crippen LogP contribution is -2.11. The molecule has 0 aromatic heterocycles. The van der Waals surface area contributed by atoms with E-state index >= 15 is 0 Å². The van der Waals surface area contributed by atoms with Crippen LogP contribution in [-0.4, -0.2) is 5.97 Å². The second-order valence-corrected chi connectivity index (χ2v) is 5.63. The van der Waals surface area contributed by atoms with Gasteiger partial charge >= 0.3 is 5.97 Å². The fourth-order valence-corrected chi connectivity index (χ4v) is 1.92. The highest BCUT2D eigenvalue weighted by Crippen LogP contribution is 2.27. The van der Waals surface area contributed by atoms with Crippen molar-refractivity contribution in [3.63, 3.8) is 0 Å². The second-order valence-electron chi connectivity index (χ2n) is 4.80. The minimum Gasteiger partial charge on any atom is -0.446 e. The highest BCUT2D eigenvalue weighted by Gasteiger charge is 2.15. The molecule has 0 N–H and O–H groups in total. The van der Waals surface area contributed by atoms with Crippen LogP contribution in [0.25, 0.3) is 0 Å². The van der Waals surface area contributed by atoms with Crippen LogP contribution in [0.1, 0.15) is 43.8 Å². The van der Waals surface area contributed by atoms with E-state index in [2.05, 4.69) is 48.8 Å². The van der Waals surface area contributed by atoms with Gasteiger partial charge in [-0.2, -0.15) is 0 Å². The molecule has 0 saturated carbocycles. The van der Waals surface area contributed by atoms with E-state index in [1.54, 1.807) is 0 Å². The SMILES string of the molecule is CC(=O)OC(Br)c1ccc(C(C)(C)C)cc1. The average molecular weight is 285 g/mol. The van der Waals surface area contributed by atoms with Gasteiger partial charge < -0.3 is 4.74 Å². The average Bonchev–Trinajstić information content (AvgIpc) is 2.15. The summed E-state index contributed by atoms with van der Waals surface area (Å²) >= 11 is 3.32. The predicted octanol–water partition coefficient (Wildman–Crippen LogP) is 3.94. The van der Waals surface area contributed by atoms with Crippen LogP contribution < -0.4 is 0 Å². The van der Waals surface area contributed by atoms with E-state index in [1.165, 1.54) is 12.5 Å². The van der Waals surface area contributed by atoms with E-state index in [1.807, 2.05) is 12.1 Å². The maximum atomic E-state index is 10.8. The molecule has 0 heterocycles. The minimum atomic E-state index is -0.362. The summed E-state index contributed by atoms with van der Waals surface area (Å²) in [5.41, 5.74) is 2.35. The van der Waals surface area contributed by atoms with Gasteiger partial charge in [0.1, 0.15) is 0 Å². The van der Waals surface area contributed by atoms with E-state index in [0.29, 0.717) is 0 Å². The molecule has 2 nitrogen and oxygen atoms in total. The molecule has 0 saturated heterocycles. The molecule has 1 unspecified atom stereocenters. The number of hydrogen-bond donors (Lipinski definition) is 0. The van der Waals surface area contributed by atoms with Crippen molar-refractivity contribution < 1.29 is 9.53 Å². The van der Waals surface area contributed by atoms with Gasteiger partial charge in [-0.25, -0.2) is 0 Å². The van der Waals surface area contributed by atoms with Gasteiger partial charge in [-0.3, -0.25) is 4.79 Å². The summed E-state index contributed by atoms with van der Waals surface area (Å²) in [5, 5.41) is -0.362. The van der Waals surface area contributed by atoms with Crippen molar-refractivity contribution in [3.05, 3.63) is 35.4 Å². The van der Waals surface area contributed by atoms with E-state index < -0.39 is 0 Å². The smallest absolute Gasteiger partial charge is 0.304 e. The molecule has 0 bridgehead atoms. The van der Waals surface area contributed by atoms with E-state index in [-0.39, 0.29) is 16.4 Å².